The molecule has 0 aliphatic carbocycles. The molecule has 0 atom stereocenters. The quantitative estimate of drug-likeness (QED) is 0.877. The third kappa shape index (κ3) is 4.14. The molecule has 0 saturated carbocycles. The first-order valence-electron chi connectivity index (χ1n) is 6.58. The largest absolute Gasteiger partial charge is 0.323 e. The summed E-state index contributed by atoms with van der Waals surface area (Å²) in [4.78, 5) is 28.8. The molecule has 5 heteroatoms. The Morgan fingerprint density at radius 2 is 1.71 bits per heavy atom. The molecule has 0 bridgehead atoms. The third-order valence-electron chi connectivity index (χ3n) is 3.06. The molecule has 0 saturated heterocycles. The number of rotatable bonds is 4. The van der Waals surface area contributed by atoms with Gasteiger partial charge in [-0.1, -0.05) is 0 Å². The Labute approximate surface area is 123 Å². The van der Waals surface area contributed by atoms with Gasteiger partial charge < -0.3 is 10.2 Å². The van der Waals surface area contributed by atoms with Crippen molar-refractivity contribution in [1.82, 2.24) is 9.88 Å². The van der Waals surface area contributed by atoms with E-state index in [9.17, 15) is 9.59 Å². The molecule has 21 heavy (non-hydrogen) atoms. The number of pyridine rings is 1. The van der Waals surface area contributed by atoms with E-state index < -0.39 is 0 Å². The van der Waals surface area contributed by atoms with E-state index in [4.69, 9.17) is 0 Å². The van der Waals surface area contributed by atoms with Crippen LogP contribution in [0.3, 0.4) is 0 Å². The maximum Gasteiger partial charge on any atom is 0.321 e. The molecule has 2 amide bonds. The maximum absolute atomic E-state index is 12.1. The lowest BCUT2D eigenvalue weighted by Crippen LogP contribution is -2.30. The van der Waals surface area contributed by atoms with Crippen LogP contribution in [0.25, 0.3) is 0 Å². The smallest absolute Gasteiger partial charge is 0.321 e. The number of urea groups is 1. The zero-order chi connectivity index (χ0) is 15.2. The SMILES string of the molecule is CC(=O)c1ccc(NC(=O)N(C)Cc2ccncc2)cc1. The van der Waals surface area contributed by atoms with Gasteiger partial charge in [0, 0.05) is 37.2 Å². The lowest BCUT2D eigenvalue weighted by Gasteiger charge is -2.18. The highest BCUT2D eigenvalue weighted by Crippen LogP contribution is 2.11. The average molecular weight is 283 g/mol. The summed E-state index contributed by atoms with van der Waals surface area (Å²) in [5, 5.41) is 2.79. The molecule has 0 fully saturated rings. The molecular formula is C16H17N3O2. The van der Waals surface area contributed by atoms with Gasteiger partial charge in [0.1, 0.15) is 0 Å². The van der Waals surface area contributed by atoms with Crippen molar-refractivity contribution in [3.63, 3.8) is 0 Å². The summed E-state index contributed by atoms with van der Waals surface area (Å²) in [5.74, 6) is 0.00248. The second kappa shape index (κ2) is 6.65. The van der Waals surface area contributed by atoms with Crippen LogP contribution < -0.4 is 5.32 Å². The Kier molecular flexibility index (Phi) is 4.66. The van der Waals surface area contributed by atoms with Crippen LogP contribution in [0, 0.1) is 0 Å². The molecule has 2 aromatic rings. The number of carbonyl (C=O) groups excluding carboxylic acids is 2. The lowest BCUT2D eigenvalue weighted by atomic mass is 10.1. The molecule has 2 rings (SSSR count). The van der Waals surface area contributed by atoms with E-state index in [2.05, 4.69) is 10.3 Å². The molecule has 1 aromatic carbocycles. The molecule has 1 heterocycles. The lowest BCUT2D eigenvalue weighted by molar-refractivity contribution is 0.101. The number of Topliss-reactive ketones (excluding diaryl/α,β-unsaturated/α-hetero) is 1. The van der Waals surface area contributed by atoms with Crippen molar-refractivity contribution in [3.05, 3.63) is 59.9 Å². The van der Waals surface area contributed by atoms with Crippen molar-refractivity contribution in [1.29, 1.82) is 0 Å². The van der Waals surface area contributed by atoms with Crippen LogP contribution in [0.2, 0.25) is 0 Å². The monoisotopic (exact) mass is 283 g/mol. The Morgan fingerprint density at radius 3 is 2.29 bits per heavy atom. The number of carbonyl (C=O) groups is 2. The first-order valence-corrected chi connectivity index (χ1v) is 6.58. The minimum Gasteiger partial charge on any atom is -0.323 e. The zero-order valence-corrected chi connectivity index (χ0v) is 12.0. The van der Waals surface area contributed by atoms with E-state index >= 15 is 0 Å². The predicted octanol–water partition coefficient (Wildman–Crippen LogP) is 2.95. The molecule has 1 N–H and O–H groups in total. The molecule has 1 aromatic heterocycles. The molecule has 108 valence electrons. The molecular weight excluding hydrogens is 266 g/mol. The minimum absolute atomic E-state index is 0.00248. The fourth-order valence-corrected chi connectivity index (χ4v) is 1.84. The van der Waals surface area contributed by atoms with Crippen LogP contribution in [0.5, 0.6) is 0 Å². The fourth-order valence-electron chi connectivity index (χ4n) is 1.84. The van der Waals surface area contributed by atoms with Crippen LogP contribution in [-0.2, 0) is 6.54 Å². The van der Waals surface area contributed by atoms with Gasteiger partial charge in [0.15, 0.2) is 5.78 Å². The number of anilines is 1. The first-order chi connectivity index (χ1) is 10.1. The van der Waals surface area contributed by atoms with Crippen molar-refractivity contribution >= 4 is 17.5 Å². The normalized spacial score (nSPS) is 10.0. The van der Waals surface area contributed by atoms with E-state index in [-0.39, 0.29) is 11.8 Å². The van der Waals surface area contributed by atoms with E-state index in [1.54, 1.807) is 48.6 Å². The third-order valence-corrected chi connectivity index (χ3v) is 3.06. The number of ketones is 1. The number of hydrogen-bond acceptors (Lipinski definition) is 3. The van der Waals surface area contributed by atoms with Crippen molar-refractivity contribution in [2.45, 2.75) is 13.5 Å². The Bertz CT molecular complexity index is 624. The van der Waals surface area contributed by atoms with Gasteiger partial charge in [-0.2, -0.15) is 0 Å². The number of amides is 2. The van der Waals surface area contributed by atoms with E-state index in [0.717, 1.165) is 5.56 Å². The number of benzene rings is 1. The average Bonchev–Trinajstić information content (AvgIpc) is 2.48. The first kappa shape index (κ1) is 14.7. The van der Waals surface area contributed by atoms with Crippen LogP contribution in [0.1, 0.15) is 22.8 Å². The van der Waals surface area contributed by atoms with E-state index in [1.165, 1.54) is 6.92 Å². The standard InChI is InChI=1S/C16H17N3O2/c1-12(20)14-3-5-15(6-4-14)18-16(21)19(2)11-13-7-9-17-10-8-13/h3-10H,11H2,1-2H3,(H,18,21). The van der Waals surface area contributed by atoms with E-state index in [1.807, 2.05) is 12.1 Å². The van der Waals surface area contributed by atoms with Crippen LogP contribution in [0.15, 0.2) is 48.8 Å². The van der Waals surface area contributed by atoms with Gasteiger partial charge in [-0.15, -0.1) is 0 Å². The van der Waals surface area contributed by atoms with Crippen molar-refractivity contribution in [2.24, 2.45) is 0 Å². The van der Waals surface area contributed by atoms with Gasteiger partial charge in [-0.3, -0.25) is 9.78 Å². The molecule has 0 spiro atoms. The molecule has 5 nitrogen and oxygen atoms in total. The second-order valence-electron chi connectivity index (χ2n) is 4.78. The summed E-state index contributed by atoms with van der Waals surface area (Å²) >= 11 is 0. The van der Waals surface area contributed by atoms with Crippen molar-refractivity contribution in [3.8, 4) is 0 Å². The predicted molar refractivity (Wildman–Crippen MR) is 81.2 cm³/mol. The Hall–Kier alpha value is -2.69. The molecule has 0 radical (unpaired) electrons. The summed E-state index contributed by atoms with van der Waals surface area (Å²) < 4.78 is 0. The molecule has 0 aliphatic rings. The molecule has 0 unspecified atom stereocenters. The highest BCUT2D eigenvalue weighted by atomic mass is 16.2. The van der Waals surface area contributed by atoms with Gasteiger partial charge >= 0.3 is 6.03 Å². The van der Waals surface area contributed by atoms with Crippen LogP contribution >= 0.6 is 0 Å². The number of aromatic nitrogens is 1. The highest BCUT2D eigenvalue weighted by molar-refractivity contribution is 5.95. The minimum atomic E-state index is -0.206. The fraction of sp³-hybridized carbons (Fsp3) is 0.188. The van der Waals surface area contributed by atoms with Gasteiger partial charge in [-0.25, -0.2) is 4.79 Å². The number of hydrogen-bond donors (Lipinski definition) is 1. The summed E-state index contributed by atoms with van der Waals surface area (Å²) in [6, 6.07) is 10.4. The van der Waals surface area contributed by atoms with E-state index in [0.29, 0.717) is 17.8 Å². The number of nitrogens with zero attached hydrogens (tertiary/aromatic N) is 2. The van der Waals surface area contributed by atoms with Crippen LogP contribution in [0.4, 0.5) is 10.5 Å². The highest BCUT2D eigenvalue weighted by Gasteiger charge is 2.09. The summed E-state index contributed by atoms with van der Waals surface area (Å²) in [6.07, 6.45) is 3.39. The summed E-state index contributed by atoms with van der Waals surface area (Å²) in [5.41, 5.74) is 2.29. The zero-order valence-electron chi connectivity index (χ0n) is 12.0. The Morgan fingerprint density at radius 1 is 1.10 bits per heavy atom. The second-order valence-corrected chi connectivity index (χ2v) is 4.78. The summed E-state index contributed by atoms with van der Waals surface area (Å²) in [7, 11) is 1.72. The van der Waals surface area contributed by atoms with Gasteiger partial charge in [0.2, 0.25) is 0 Å². The van der Waals surface area contributed by atoms with Gasteiger partial charge in [0.05, 0.1) is 0 Å². The van der Waals surface area contributed by atoms with Gasteiger partial charge in [-0.05, 0) is 48.9 Å². The van der Waals surface area contributed by atoms with Gasteiger partial charge in [0.25, 0.3) is 0 Å². The topological polar surface area (TPSA) is 62.3 Å². The maximum atomic E-state index is 12.1. The van der Waals surface area contributed by atoms with Crippen molar-refractivity contribution < 1.29 is 9.59 Å². The van der Waals surface area contributed by atoms with Crippen molar-refractivity contribution in [2.75, 3.05) is 12.4 Å². The summed E-state index contributed by atoms with van der Waals surface area (Å²) in [6.45, 7) is 2.01. The molecule has 0 aliphatic heterocycles. The van der Waals surface area contributed by atoms with Crippen LogP contribution in [-0.4, -0.2) is 28.7 Å². The number of nitrogens with one attached hydrogen (secondary N) is 1. The Balaban J connectivity index is 1.95.